The van der Waals surface area contributed by atoms with Crippen molar-refractivity contribution in [3.8, 4) is 0 Å². The minimum atomic E-state index is -1.83. The zero-order valence-corrected chi connectivity index (χ0v) is 8.97. The van der Waals surface area contributed by atoms with E-state index in [4.69, 9.17) is 14.9 Å². The van der Waals surface area contributed by atoms with Crippen LogP contribution in [0.25, 0.3) is 0 Å². The van der Waals surface area contributed by atoms with Gasteiger partial charge in [-0.15, -0.1) is 0 Å². The minimum absolute atomic E-state index is 0.0530. The number of aliphatic hydroxyl groups excluding tert-OH is 1. The molecule has 14 heavy (non-hydrogen) atoms. The van der Waals surface area contributed by atoms with Gasteiger partial charge in [0.2, 0.25) is 0 Å². The highest BCUT2D eigenvalue weighted by Crippen LogP contribution is 2.07. The molecular weight excluding hydrogens is 184 g/mol. The van der Waals surface area contributed by atoms with Crippen molar-refractivity contribution in [2.24, 2.45) is 0 Å². The van der Waals surface area contributed by atoms with Gasteiger partial charge in [0.15, 0.2) is 5.79 Å². The molecule has 0 heterocycles. The fraction of sp³-hybridized carbons (Fsp3) is 0.800. The minimum Gasteiger partial charge on any atom is -0.387 e. The fourth-order valence-electron chi connectivity index (χ4n) is 0.730. The van der Waals surface area contributed by atoms with Crippen molar-refractivity contribution in [1.29, 1.82) is 0 Å². The molecule has 0 fully saturated rings. The van der Waals surface area contributed by atoms with E-state index >= 15 is 0 Å². The largest absolute Gasteiger partial charge is 0.387 e. The maximum Gasteiger partial charge on any atom is 0.182 e. The van der Waals surface area contributed by atoms with E-state index in [-0.39, 0.29) is 19.1 Å². The van der Waals surface area contributed by atoms with Crippen LogP contribution < -0.4 is 0 Å². The molecule has 0 unspecified atom stereocenters. The molecule has 0 radical (unpaired) electrons. The number of ether oxygens (including phenoxy) is 1. The molecule has 0 saturated heterocycles. The average molecular weight is 204 g/mol. The lowest BCUT2D eigenvalue weighted by Gasteiger charge is -2.15. The average Bonchev–Trinajstić information content (AvgIpc) is 2.11. The first kappa shape index (κ1) is 13.6. The van der Waals surface area contributed by atoms with E-state index in [9.17, 15) is 5.11 Å². The van der Waals surface area contributed by atoms with Crippen LogP contribution in [0.1, 0.15) is 27.2 Å². The third-order valence-corrected chi connectivity index (χ3v) is 1.71. The highest BCUT2D eigenvalue weighted by molar-refractivity contribution is 4.97. The first-order valence-electron chi connectivity index (χ1n) is 4.81. The Labute approximate surface area is 84.8 Å². The monoisotopic (exact) mass is 204 g/mol. The molecular formula is C10H20O4. The van der Waals surface area contributed by atoms with Gasteiger partial charge in [-0.05, 0) is 19.9 Å². The summed E-state index contributed by atoms with van der Waals surface area (Å²) < 4.78 is 5.14. The number of aliphatic hydroxyl groups is 3. The van der Waals surface area contributed by atoms with Crippen LogP contribution in [0.3, 0.4) is 0 Å². The SMILES string of the molecule is CCC(O)(O)/C=C\[C@@H](O)COC(C)C. The maximum atomic E-state index is 9.32. The van der Waals surface area contributed by atoms with Gasteiger partial charge in [0.25, 0.3) is 0 Å². The van der Waals surface area contributed by atoms with Crippen molar-refractivity contribution >= 4 is 0 Å². The molecule has 0 rings (SSSR count). The Balaban J connectivity index is 3.87. The summed E-state index contributed by atoms with van der Waals surface area (Å²) in [7, 11) is 0. The van der Waals surface area contributed by atoms with E-state index in [0.717, 1.165) is 0 Å². The van der Waals surface area contributed by atoms with E-state index in [0.29, 0.717) is 0 Å². The summed E-state index contributed by atoms with van der Waals surface area (Å²) in [4.78, 5) is 0. The fourth-order valence-corrected chi connectivity index (χ4v) is 0.730. The van der Waals surface area contributed by atoms with Gasteiger partial charge >= 0.3 is 0 Å². The van der Waals surface area contributed by atoms with Crippen LogP contribution >= 0.6 is 0 Å². The van der Waals surface area contributed by atoms with Crippen molar-refractivity contribution in [3.63, 3.8) is 0 Å². The number of hydrogen-bond donors (Lipinski definition) is 3. The Hall–Kier alpha value is -0.420. The number of hydrogen-bond acceptors (Lipinski definition) is 4. The summed E-state index contributed by atoms with van der Waals surface area (Å²) in [6, 6.07) is 0. The van der Waals surface area contributed by atoms with Crippen LogP contribution in [0.5, 0.6) is 0 Å². The lowest BCUT2D eigenvalue weighted by atomic mass is 10.2. The molecule has 4 heteroatoms. The van der Waals surface area contributed by atoms with Gasteiger partial charge in [0.05, 0.1) is 18.8 Å². The maximum absolute atomic E-state index is 9.32. The van der Waals surface area contributed by atoms with Gasteiger partial charge in [-0.25, -0.2) is 0 Å². The first-order valence-corrected chi connectivity index (χ1v) is 4.81. The van der Waals surface area contributed by atoms with Gasteiger partial charge in [-0.3, -0.25) is 0 Å². The second-order valence-corrected chi connectivity index (χ2v) is 3.54. The van der Waals surface area contributed by atoms with Crippen LogP contribution in [0.15, 0.2) is 12.2 Å². The van der Waals surface area contributed by atoms with Crippen LogP contribution in [0.2, 0.25) is 0 Å². The van der Waals surface area contributed by atoms with Crippen molar-refractivity contribution < 1.29 is 20.1 Å². The van der Waals surface area contributed by atoms with Crippen molar-refractivity contribution in [2.75, 3.05) is 6.61 Å². The second-order valence-electron chi connectivity index (χ2n) is 3.54. The van der Waals surface area contributed by atoms with Crippen LogP contribution in [-0.4, -0.2) is 39.9 Å². The molecule has 0 aliphatic heterocycles. The van der Waals surface area contributed by atoms with Crippen molar-refractivity contribution in [3.05, 3.63) is 12.2 Å². The smallest absolute Gasteiger partial charge is 0.182 e. The van der Waals surface area contributed by atoms with Crippen LogP contribution in [0, 0.1) is 0 Å². The van der Waals surface area contributed by atoms with E-state index in [1.165, 1.54) is 12.2 Å². The molecule has 4 nitrogen and oxygen atoms in total. The van der Waals surface area contributed by atoms with Gasteiger partial charge in [0.1, 0.15) is 0 Å². The zero-order valence-electron chi connectivity index (χ0n) is 8.97. The number of rotatable bonds is 6. The standard InChI is InChI=1S/C10H20O4/c1-4-10(12,13)6-5-9(11)7-14-8(2)3/h5-6,8-9,11-13H,4,7H2,1-3H3/b6-5-/t9-/m1/s1. The van der Waals surface area contributed by atoms with Gasteiger partial charge in [-0.1, -0.05) is 13.0 Å². The lowest BCUT2D eigenvalue weighted by Crippen LogP contribution is -2.25. The van der Waals surface area contributed by atoms with E-state index in [1.54, 1.807) is 6.92 Å². The van der Waals surface area contributed by atoms with Crippen molar-refractivity contribution in [1.82, 2.24) is 0 Å². The van der Waals surface area contributed by atoms with Crippen LogP contribution in [0.4, 0.5) is 0 Å². The summed E-state index contributed by atoms with van der Waals surface area (Å²) in [5, 5.41) is 27.7. The Morgan fingerprint density at radius 1 is 1.36 bits per heavy atom. The molecule has 3 N–H and O–H groups in total. The summed E-state index contributed by atoms with van der Waals surface area (Å²) in [5.41, 5.74) is 0. The molecule has 1 atom stereocenters. The van der Waals surface area contributed by atoms with Gasteiger partial charge in [0, 0.05) is 6.42 Å². The third kappa shape index (κ3) is 7.03. The van der Waals surface area contributed by atoms with Gasteiger partial charge < -0.3 is 20.1 Å². The third-order valence-electron chi connectivity index (χ3n) is 1.71. The Bertz CT molecular complexity index is 175. The van der Waals surface area contributed by atoms with E-state index in [1.807, 2.05) is 13.8 Å². The zero-order chi connectivity index (χ0) is 11.2. The molecule has 0 aromatic rings. The molecule has 84 valence electrons. The van der Waals surface area contributed by atoms with Crippen molar-refractivity contribution in [2.45, 2.75) is 45.2 Å². The first-order chi connectivity index (χ1) is 6.37. The van der Waals surface area contributed by atoms with E-state index in [2.05, 4.69) is 0 Å². The van der Waals surface area contributed by atoms with Crippen LogP contribution in [-0.2, 0) is 4.74 Å². The summed E-state index contributed by atoms with van der Waals surface area (Å²) in [6.45, 7) is 5.53. The Kier molecular flexibility index (Phi) is 5.95. The molecule has 0 aliphatic rings. The lowest BCUT2D eigenvalue weighted by molar-refractivity contribution is -0.120. The summed E-state index contributed by atoms with van der Waals surface area (Å²) in [6.07, 6.45) is 1.92. The summed E-state index contributed by atoms with van der Waals surface area (Å²) in [5.74, 6) is -1.83. The quantitative estimate of drug-likeness (QED) is 0.433. The molecule has 0 aromatic heterocycles. The predicted octanol–water partition coefficient (Wildman–Crippen LogP) is 0.419. The Morgan fingerprint density at radius 2 is 1.93 bits per heavy atom. The highest BCUT2D eigenvalue weighted by atomic mass is 16.5. The molecule has 0 bridgehead atoms. The normalized spacial score (nSPS) is 15.4. The Morgan fingerprint density at radius 3 is 2.36 bits per heavy atom. The molecule has 0 saturated carbocycles. The second kappa shape index (κ2) is 6.14. The highest BCUT2D eigenvalue weighted by Gasteiger charge is 2.15. The molecule has 0 spiro atoms. The van der Waals surface area contributed by atoms with Gasteiger partial charge in [-0.2, -0.15) is 0 Å². The topological polar surface area (TPSA) is 69.9 Å². The molecule has 0 amide bonds. The summed E-state index contributed by atoms with van der Waals surface area (Å²) >= 11 is 0. The van der Waals surface area contributed by atoms with E-state index < -0.39 is 11.9 Å². The molecule has 0 aliphatic carbocycles. The molecule has 0 aromatic carbocycles. The predicted molar refractivity (Wildman–Crippen MR) is 53.7 cm³/mol.